The fraction of sp³-hybridized carbons (Fsp3) is 0.250. The number of nitrogens with zero attached hydrogens (tertiary/aromatic N) is 1. The van der Waals surface area contributed by atoms with Crippen molar-refractivity contribution in [1.82, 2.24) is 4.57 Å². The monoisotopic (exact) mass is 236 g/mol. The molecule has 2 aromatic rings. The fourth-order valence-corrected chi connectivity index (χ4v) is 2.42. The van der Waals surface area contributed by atoms with Gasteiger partial charge in [-0.1, -0.05) is 18.2 Å². The van der Waals surface area contributed by atoms with Crippen LogP contribution in [0.15, 0.2) is 30.5 Å². The molecular formula is C12H14NO2S. The van der Waals surface area contributed by atoms with E-state index < -0.39 is 9.84 Å². The molecule has 0 unspecified atom stereocenters. The molecule has 4 heteroatoms. The third-order valence-corrected chi connectivity index (χ3v) is 3.49. The zero-order valence-corrected chi connectivity index (χ0v) is 10.00. The predicted molar refractivity (Wildman–Crippen MR) is 65.8 cm³/mol. The summed E-state index contributed by atoms with van der Waals surface area (Å²) in [5.74, 6) is 0.0982. The van der Waals surface area contributed by atoms with Gasteiger partial charge in [-0.2, -0.15) is 0 Å². The van der Waals surface area contributed by atoms with Crippen LogP contribution in [0.1, 0.15) is 5.56 Å². The summed E-state index contributed by atoms with van der Waals surface area (Å²) in [5, 5.41) is 1.12. The first kappa shape index (κ1) is 11.2. The lowest BCUT2D eigenvalue weighted by Gasteiger charge is -1.97. The number of hydrogen-bond acceptors (Lipinski definition) is 2. The molecule has 1 aromatic heterocycles. The Morgan fingerprint density at radius 3 is 2.69 bits per heavy atom. The van der Waals surface area contributed by atoms with Crippen LogP contribution in [0.25, 0.3) is 10.9 Å². The fourth-order valence-electron chi connectivity index (χ4n) is 1.89. The van der Waals surface area contributed by atoms with Crippen molar-refractivity contribution in [3.8, 4) is 0 Å². The van der Waals surface area contributed by atoms with Crippen molar-refractivity contribution in [2.45, 2.75) is 6.42 Å². The zero-order valence-electron chi connectivity index (χ0n) is 9.18. The molecule has 85 valence electrons. The second-order valence-electron chi connectivity index (χ2n) is 3.98. The number of para-hydroxylation sites is 1. The molecule has 0 amide bonds. The van der Waals surface area contributed by atoms with E-state index in [1.807, 2.05) is 42.1 Å². The smallest absolute Gasteiger partial charge is 0.151 e. The summed E-state index contributed by atoms with van der Waals surface area (Å²) in [7, 11) is -1.18. The van der Waals surface area contributed by atoms with Gasteiger partial charge in [-0.15, -0.1) is 0 Å². The first-order valence-corrected chi connectivity index (χ1v) is 6.88. The molecule has 3 nitrogen and oxygen atoms in total. The SMILES string of the molecule is [CH2]S(=O)(=O)CCc1cn(C)c2ccccc12. The maximum atomic E-state index is 11.0. The maximum absolute atomic E-state index is 11.0. The lowest BCUT2D eigenvalue weighted by Crippen LogP contribution is -2.03. The largest absolute Gasteiger partial charge is 0.350 e. The van der Waals surface area contributed by atoms with E-state index in [1.165, 1.54) is 0 Å². The first-order chi connectivity index (χ1) is 7.47. The average molecular weight is 236 g/mol. The minimum atomic E-state index is -3.14. The molecule has 16 heavy (non-hydrogen) atoms. The third-order valence-electron chi connectivity index (χ3n) is 2.66. The predicted octanol–water partition coefficient (Wildman–Crippen LogP) is 1.93. The molecule has 0 atom stereocenters. The Kier molecular flexibility index (Phi) is 2.76. The summed E-state index contributed by atoms with van der Waals surface area (Å²) < 4.78 is 24.1. The Balaban J connectivity index is 2.38. The van der Waals surface area contributed by atoms with Gasteiger partial charge in [-0.25, -0.2) is 8.42 Å². The number of sulfone groups is 1. The molecule has 0 spiro atoms. The van der Waals surface area contributed by atoms with Crippen molar-refractivity contribution >= 4 is 20.7 Å². The molecule has 0 aliphatic heterocycles. The van der Waals surface area contributed by atoms with Gasteiger partial charge in [0.05, 0.1) is 12.0 Å². The number of benzene rings is 1. The van der Waals surface area contributed by atoms with Crippen LogP contribution in [0.5, 0.6) is 0 Å². The van der Waals surface area contributed by atoms with Crippen LogP contribution in [-0.4, -0.2) is 18.7 Å². The summed E-state index contributed by atoms with van der Waals surface area (Å²) in [4.78, 5) is 0. The Morgan fingerprint density at radius 1 is 1.31 bits per heavy atom. The van der Waals surface area contributed by atoms with E-state index in [-0.39, 0.29) is 5.75 Å². The Morgan fingerprint density at radius 2 is 2.00 bits per heavy atom. The van der Waals surface area contributed by atoms with E-state index in [4.69, 9.17) is 0 Å². The molecule has 1 heterocycles. The van der Waals surface area contributed by atoms with Gasteiger partial charge in [0.25, 0.3) is 0 Å². The number of aromatic nitrogens is 1. The summed E-state index contributed by atoms with van der Waals surface area (Å²) in [5.41, 5.74) is 2.18. The minimum Gasteiger partial charge on any atom is -0.350 e. The first-order valence-electron chi connectivity index (χ1n) is 5.06. The van der Waals surface area contributed by atoms with Crippen molar-refractivity contribution in [2.75, 3.05) is 5.75 Å². The van der Waals surface area contributed by atoms with Crippen molar-refractivity contribution in [3.63, 3.8) is 0 Å². The molecule has 0 bridgehead atoms. The van der Waals surface area contributed by atoms with Gasteiger partial charge in [0, 0.05) is 24.1 Å². The van der Waals surface area contributed by atoms with E-state index in [0.717, 1.165) is 16.5 Å². The second-order valence-corrected chi connectivity index (χ2v) is 5.88. The molecule has 0 N–H and O–H groups in total. The number of hydrogen-bond donors (Lipinski definition) is 0. The topological polar surface area (TPSA) is 39.1 Å². The minimum absolute atomic E-state index is 0.0982. The maximum Gasteiger partial charge on any atom is 0.151 e. The Bertz CT molecular complexity index is 611. The summed E-state index contributed by atoms with van der Waals surface area (Å²) in [6, 6.07) is 7.98. The van der Waals surface area contributed by atoms with Gasteiger partial charge in [0.1, 0.15) is 0 Å². The van der Waals surface area contributed by atoms with Crippen LogP contribution < -0.4 is 0 Å². The molecule has 2 rings (SSSR count). The van der Waals surface area contributed by atoms with Crippen molar-refractivity contribution < 1.29 is 8.42 Å². The van der Waals surface area contributed by atoms with E-state index >= 15 is 0 Å². The van der Waals surface area contributed by atoms with Gasteiger partial charge in [0.15, 0.2) is 9.84 Å². The molecule has 0 fully saturated rings. The van der Waals surface area contributed by atoms with E-state index in [9.17, 15) is 8.42 Å². The zero-order chi connectivity index (χ0) is 11.8. The van der Waals surface area contributed by atoms with Gasteiger partial charge >= 0.3 is 0 Å². The van der Waals surface area contributed by atoms with Crippen LogP contribution in [0, 0.1) is 6.26 Å². The standard InChI is InChI=1S/C12H14NO2S/c1-13-9-10(7-8-16(2,14)15)11-5-3-4-6-12(11)13/h3-6,9H,2,7-8H2,1H3. The third kappa shape index (κ3) is 2.27. The van der Waals surface area contributed by atoms with Gasteiger partial charge in [-0.3, -0.25) is 0 Å². The van der Waals surface area contributed by atoms with Crippen molar-refractivity contribution in [3.05, 3.63) is 42.3 Å². The normalized spacial score (nSPS) is 12.1. The van der Waals surface area contributed by atoms with E-state index in [2.05, 4.69) is 6.26 Å². The molecule has 0 saturated carbocycles. The molecule has 0 saturated heterocycles. The molecule has 1 radical (unpaired) electrons. The Hall–Kier alpha value is -1.29. The van der Waals surface area contributed by atoms with Gasteiger partial charge < -0.3 is 4.57 Å². The molecule has 1 aromatic carbocycles. The van der Waals surface area contributed by atoms with Crippen molar-refractivity contribution in [1.29, 1.82) is 0 Å². The molecule has 0 aliphatic rings. The highest BCUT2D eigenvalue weighted by Crippen LogP contribution is 2.20. The quantitative estimate of drug-likeness (QED) is 0.816. The second kappa shape index (κ2) is 3.94. The summed E-state index contributed by atoms with van der Waals surface area (Å²) in [6.07, 6.45) is 5.64. The van der Waals surface area contributed by atoms with E-state index in [1.54, 1.807) is 0 Å². The van der Waals surface area contributed by atoms with Crippen LogP contribution in [0.2, 0.25) is 0 Å². The highest BCUT2D eigenvalue weighted by atomic mass is 32.2. The Labute approximate surface area is 95.6 Å². The van der Waals surface area contributed by atoms with E-state index in [0.29, 0.717) is 6.42 Å². The van der Waals surface area contributed by atoms with Crippen LogP contribution in [0.4, 0.5) is 0 Å². The summed E-state index contributed by atoms with van der Waals surface area (Å²) in [6.45, 7) is 0. The average Bonchev–Trinajstić information content (AvgIpc) is 2.53. The highest BCUT2D eigenvalue weighted by molar-refractivity contribution is 7.92. The molecule has 0 aliphatic carbocycles. The van der Waals surface area contributed by atoms with Gasteiger partial charge in [-0.05, 0) is 18.1 Å². The van der Waals surface area contributed by atoms with Crippen LogP contribution >= 0.6 is 0 Å². The summed E-state index contributed by atoms with van der Waals surface area (Å²) >= 11 is 0. The number of aryl methyl sites for hydroxylation is 2. The number of rotatable bonds is 3. The van der Waals surface area contributed by atoms with Crippen LogP contribution in [0.3, 0.4) is 0 Å². The highest BCUT2D eigenvalue weighted by Gasteiger charge is 2.08. The lowest BCUT2D eigenvalue weighted by atomic mass is 10.1. The number of fused-ring (bicyclic) bond motifs is 1. The van der Waals surface area contributed by atoms with Crippen LogP contribution in [-0.2, 0) is 23.3 Å². The van der Waals surface area contributed by atoms with Crippen molar-refractivity contribution in [2.24, 2.45) is 7.05 Å². The molecular weight excluding hydrogens is 222 g/mol. The van der Waals surface area contributed by atoms with Gasteiger partial charge in [0.2, 0.25) is 0 Å². The lowest BCUT2D eigenvalue weighted by molar-refractivity contribution is 0.603.